The minimum atomic E-state index is 0.0902. The van der Waals surface area contributed by atoms with Crippen LogP contribution < -0.4 is 10.1 Å². The molecule has 3 rings (SSSR count). The van der Waals surface area contributed by atoms with E-state index in [1.54, 1.807) is 24.3 Å². The average Bonchev–Trinajstić information content (AvgIpc) is 3.05. The van der Waals surface area contributed by atoms with Gasteiger partial charge in [0.1, 0.15) is 11.5 Å². The van der Waals surface area contributed by atoms with E-state index in [4.69, 9.17) is 9.26 Å². The second kappa shape index (κ2) is 6.62. The van der Waals surface area contributed by atoms with Gasteiger partial charge in [0.25, 0.3) is 5.89 Å². The molecule has 6 heteroatoms. The van der Waals surface area contributed by atoms with Gasteiger partial charge < -0.3 is 19.7 Å². The molecule has 2 aromatic carbocycles. The predicted molar refractivity (Wildman–Crippen MR) is 92.1 cm³/mol. The summed E-state index contributed by atoms with van der Waals surface area (Å²) in [6.45, 7) is 3.96. The molecule has 0 aliphatic heterocycles. The van der Waals surface area contributed by atoms with Crippen molar-refractivity contribution >= 4 is 5.69 Å². The van der Waals surface area contributed by atoms with Gasteiger partial charge in [0.15, 0.2) is 0 Å². The molecule has 24 heavy (non-hydrogen) atoms. The Hall–Kier alpha value is -3.02. The number of anilines is 1. The van der Waals surface area contributed by atoms with Gasteiger partial charge in [-0.05, 0) is 56.3 Å². The molecule has 1 heterocycles. The number of nitrogens with zero attached hydrogens (tertiary/aromatic N) is 2. The quantitative estimate of drug-likeness (QED) is 0.739. The Morgan fingerprint density at radius 3 is 2.46 bits per heavy atom. The first-order chi connectivity index (χ1) is 11.6. The van der Waals surface area contributed by atoms with Crippen molar-refractivity contribution in [2.24, 2.45) is 0 Å². The van der Waals surface area contributed by atoms with E-state index in [0.717, 1.165) is 22.6 Å². The van der Waals surface area contributed by atoms with Crippen LogP contribution in [0, 0.1) is 0 Å². The first-order valence-corrected chi connectivity index (χ1v) is 7.69. The number of aromatic hydroxyl groups is 1. The van der Waals surface area contributed by atoms with Gasteiger partial charge in [-0.15, -0.1) is 0 Å². The molecule has 0 atom stereocenters. The Bertz CT molecular complexity index is 826. The van der Waals surface area contributed by atoms with Gasteiger partial charge in [-0.2, -0.15) is 4.98 Å². The van der Waals surface area contributed by atoms with Gasteiger partial charge in [-0.25, -0.2) is 0 Å². The largest absolute Gasteiger partial charge is 0.508 e. The third-order valence-electron chi connectivity index (χ3n) is 3.41. The van der Waals surface area contributed by atoms with Crippen LogP contribution in [0.2, 0.25) is 0 Å². The van der Waals surface area contributed by atoms with E-state index < -0.39 is 0 Å². The van der Waals surface area contributed by atoms with Gasteiger partial charge >= 0.3 is 0 Å². The maximum Gasteiger partial charge on any atom is 0.258 e. The highest BCUT2D eigenvalue weighted by atomic mass is 16.5. The van der Waals surface area contributed by atoms with Crippen molar-refractivity contribution in [2.75, 3.05) is 12.4 Å². The third-order valence-corrected chi connectivity index (χ3v) is 3.41. The summed E-state index contributed by atoms with van der Waals surface area (Å²) in [5.74, 6) is 1.86. The highest BCUT2D eigenvalue weighted by Gasteiger charge is 2.13. The summed E-state index contributed by atoms with van der Waals surface area (Å²) in [5, 5.41) is 16.5. The van der Waals surface area contributed by atoms with Crippen LogP contribution in [-0.2, 0) is 0 Å². The summed E-state index contributed by atoms with van der Waals surface area (Å²) >= 11 is 0. The van der Waals surface area contributed by atoms with Crippen molar-refractivity contribution < 1.29 is 14.4 Å². The molecule has 0 unspecified atom stereocenters. The lowest BCUT2D eigenvalue weighted by Gasteiger charge is -2.14. The molecule has 0 aliphatic carbocycles. The van der Waals surface area contributed by atoms with Crippen molar-refractivity contribution in [3.63, 3.8) is 0 Å². The summed E-state index contributed by atoms with van der Waals surface area (Å²) in [7, 11) is 1.84. The van der Waals surface area contributed by atoms with E-state index in [1.165, 1.54) is 0 Å². The van der Waals surface area contributed by atoms with Crippen LogP contribution in [-0.4, -0.2) is 28.4 Å². The van der Waals surface area contributed by atoms with E-state index in [9.17, 15) is 5.11 Å². The van der Waals surface area contributed by atoms with Crippen LogP contribution in [0.4, 0.5) is 5.69 Å². The standard InChI is InChI=1S/C18H19N3O3/c1-11(2)23-16-9-6-13(10-15(16)19-3)18-20-17(21-24-18)12-4-7-14(22)8-5-12/h4-11,19,22H,1-3H3. The second-order valence-corrected chi connectivity index (χ2v) is 5.60. The first kappa shape index (κ1) is 15.9. The van der Waals surface area contributed by atoms with E-state index in [1.807, 2.05) is 39.1 Å². The summed E-state index contributed by atoms with van der Waals surface area (Å²) in [6, 6.07) is 12.3. The number of nitrogens with one attached hydrogen (secondary N) is 1. The van der Waals surface area contributed by atoms with Crippen molar-refractivity contribution in [2.45, 2.75) is 20.0 Å². The van der Waals surface area contributed by atoms with Crippen LogP contribution in [0.3, 0.4) is 0 Å². The molecule has 0 amide bonds. The molecule has 0 fully saturated rings. The highest BCUT2D eigenvalue weighted by Crippen LogP contribution is 2.31. The van der Waals surface area contributed by atoms with Gasteiger partial charge in [-0.1, -0.05) is 5.16 Å². The SMILES string of the molecule is CNc1cc(-c2nc(-c3ccc(O)cc3)no2)ccc1OC(C)C. The minimum Gasteiger partial charge on any atom is -0.508 e. The van der Waals surface area contributed by atoms with Crippen LogP contribution in [0.1, 0.15) is 13.8 Å². The van der Waals surface area contributed by atoms with E-state index >= 15 is 0 Å². The Morgan fingerprint density at radius 2 is 1.79 bits per heavy atom. The Labute approximate surface area is 140 Å². The molecule has 1 aromatic heterocycles. The minimum absolute atomic E-state index is 0.0902. The maximum atomic E-state index is 9.35. The Kier molecular flexibility index (Phi) is 4.37. The van der Waals surface area contributed by atoms with Crippen molar-refractivity contribution in [1.82, 2.24) is 10.1 Å². The first-order valence-electron chi connectivity index (χ1n) is 7.69. The summed E-state index contributed by atoms with van der Waals surface area (Å²) in [5.41, 5.74) is 2.43. The van der Waals surface area contributed by atoms with Crippen molar-refractivity contribution in [1.29, 1.82) is 0 Å². The zero-order chi connectivity index (χ0) is 17.1. The number of benzene rings is 2. The Balaban J connectivity index is 1.91. The van der Waals surface area contributed by atoms with Gasteiger partial charge in [0.05, 0.1) is 11.8 Å². The normalized spacial score (nSPS) is 10.8. The number of hydrogen-bond acceptors (Lipinski definition) is 6. The number of rotatable bonds is 5. The molecule has 0 radical (unpaired) electrons. The molecule has 6 nitrogen and oxygen atoms in total. The van der Waals surface area contributed by atoms with Crippen LogP contribution in [0.25, 0.3) is 22.8 Å². The van der Waals surface area contributed by atoms with Gasteiger partial charge in [-0.3, -0.25) is 0 Å². The lowest BCUT2D eigenvalue weighted by Crippen LogP contribution is -2.07. The smallest absolute Gasteiger partial charge is 0.258 e. The second-order valence-electron chi connectivity index (χ2n) is 5.60. The summed E-state index contributed by atoms with van der Waals surface area (Å²) in [6.07, 6.45) is 0.0902. The molecule has 0 saturated carbocycles. The number of phenolic OH excluding ortho intramolecular Hbond substituents is 1. The molecular weight excluding hydrogens is 306 g/mol. The van der Waals surface area contributed by atoms with Crippen LogP contribution in [0.15, 0.2) is 47.0 Å². The number of ether oxygens (including phenoxy) is 1. The summed E-state index contributed by atoms with van der Waals surface area (Å²) in [4.78, 5) is 4.42. The average molecular weight is 325 g/mol. The topological polar surface area (TPSA) is 80.4 Å². The van der Waals surface area contributed by atoms with Gasteiger partial charge in [0, 0.05) is 18.2 Å². The molecule has 3 aromatic rings. The maximum absolute atomic E-state index is 9.35. The molecule has 2 N–H and O–H groups in total. The van der Waals surface area contributed by atoms with E-state index in [2.05, 4.69) is 15.5 Å². The molecule has 0 aliphatic rings. The van der Waals surface area contributed by atoms with Crippen LogP contribution >= 0.6 is 0 Å². The monoisotopic (exact) mass is 325 g/mol. The number of phenols is 1. The zero-order valence-corrected chi connectivity index (χ0v) is 13.8. The van der Waals surface area contributed by atoms with Crippen molar-refractivity contribution in [3.05, 3.63) is 42.5 Å². The number of aromatic nitrogens is 2. The fourth-order valence-corrected chi connectivity index (χ4v) is 2.28. The molecular formula is C18H19N3O3. The molecule has 0 saturated heterocycles. The Morgan fingerprint density at radius 1 is 1.08 bits per heavy atom. The fraction of sp³-hybridized carbons (Fsp3) is 0.222. The molecule has 124 valence electrons. The van der Waals surface area contributed by atoms with E-state index in [0.29, 0.717) is 11.7 Å². The molecule has 0 spiro atoms. The van der Waals surface area contributed by atoms with E-state index in [-0.39, 0.29) is 11.9 Å². The number of hydrogen-bond donors (Lipinski definition) is 2. The summed E-state index contributed by atoms with van der Waals surface area (Å²) < 4.78 is 11.1. The fourth-order valence-electron chi connectivity index (χ4n) is 2.28. The van der Waals surface area contributed by atoms with Gasteiger partial charge in [0.2, 0.25) is 5.82 Å². The van der Waals surface area contributed by atoms with Crippen molar-refractivity contribution in [3.8, 4) is 34.3 Å². The zero-order valence-electron chi connectivity index (χ0n) is 13.8. The lowest BCUT2D eigenvalue weighted by molar-refractivity contribution is 0.243. The predicted octanol–water partition coefficient (Wildman–Crippen LogP) is 3.94. The third kappa shape index (κ3) is 3.32. The highest BCUT2D eigenvalue weighted by molar-refractivity contribution is 5.68. The molecule has 0 bridgehead atoms. The lowest BCUT2D eigenvalue weighted by atomic mass is 10.1. The van der Waals surface area contributed by atoms with Crippen LogP contribution in [0.5, 0.6) is 11.5 Å².